The number of rotatable bonds is 6. The largest absolute Gasteiger partial charge is 0.494 e. The number of benzene rings is 4. The van der Waals surface area contributed by atoms with Gasteiger partial charge in [-0.25, -0.2) is 14.4 Å². The number of hydrogen-bond acceptors (Lipinski definition) is 13. The van der Waals surface area contributed by atoms with E-state index in [0.717, 1.165) is 122 Å². The van der Waals surface area contributed by atoms with E-state index < -0.39 is 35.5 Å². The van der Waals surface area contributed by atoms with Crippen LogP contribution < -0.4 is 37.7 Å². The van der Waals surface area contributed by atoms with Crippen LogP contribution in [0.4, 0.5) is 17.1 Å². The Morgan fingerprint density at radius 2 is 0.945 bits per heavy atom. The average Bonchev–Trinajstić information content (AvgIpc) is 3.71. The molecule has 6 aliphatic rings. The van der Waals surface area contributed by atoms with Crippen molar-refractivity contribution >= 4 is 75.9 Å². The van der Waals surface area contributed by atoms with Gasteiger partial charge in [0.2, 0.25) is 0 Å². The highest BCUT2D eigenvalue weighted by atomic mass is 16.7. The van der Waals surface area contributed by atoms with E-state index in [9.17, 15) is 19.2 Å². The van der Waals surface area contributed by atoms with Gasteiger partial charge >= 0.3 is 31.5 Å². The summed E-state index contributed by atoms with van der Waals surface area (Å²) in [6.07, 6.45) is 8.26. The zero-order valence-corrected chi connectivity index (χ0v) is 43.3. The van der Waals surface area contributed by atoms with Gasteiger partial charge in [-0.05, 0) is 171 Å². The molecule has 0 unspecified atom stereocenters. The number of carboxylic acid groups (broad SMARTS) is 1. The molecule has 3 N–H and O–H groups in total. The van der Waals surface area contributed by atoms with Gasteiger partial charge in [-0.3, -0.25) is 4.79 Å². The topological polar surface area (TPSA) is 184 Å². The van der Waals surface area contributed by atoms with Crippen LogP contribution in [0.15, 0.2) is 91.2 Å². The normalized spacial score (nSPS) is 19.6. The Hall–Kier alpha value is -6.19. The number of fused-ring (bicyclic) bond motifs is 4. The van der Waals surface area contributed by atoms with E-state index in [4.69, 9.17) is 38.3 Å². The third-order valence-electron chi connectivity index (χ3n) is 16.3. The van der Waals surface area contributed by atoms with Crippen molar-refractivity contribution in [3.05, 3.63) is 133 Å². The van der Waals surface area contributed by atoms with Gasteiger partial charge in [0.15, 0.2) is 5.78 Å². The van der Waals surface area contributed by atoms with Gasteiger partial charge in [0.1, 0.15) is 22.3 Å². The van der Waals surface area contributed by atoms with Crippen LogP contribution in [-0.2, 0) is 50.7 Å². The number of nitrogens with zero attached hydrogens (tertiary/aromatic N) is 2. The lowest BCUT2D eigenvalue weighted by Crippen LogP contribution is -2.41. The number of carbonyl (C=O) groups excluding carboxylic acids is 1. The number of nitrogen functional groups attached to an aromatic ring is 1. The second-order valence-corrected chi connectivity index (χ2v) is 22.3. The molecule has 73 heavy (non-hydrogen) atoms. The van der Waals surface area contributed by atoms with E-state index in [0.29, 0.717) is 11.2 Å². The number of hydrogen-bond donors (Lipinski definition) is 2. The average molecular weight is 990 g/mol. The Labute approximate surface area is 426 Å². The summed E-state index contributed by atoms with van der Waals surface area (Å²) in [4.78, 5) is 53.8. The van der Waals surface area contributed by atoms with Crippen molar-refractivity contribution in [1.82, 2.24) is 0 Å². The maximum absolute atomic E-state index is 13.2. The Kier molecular flexibility index (Phi) is 13.1. The van der Waals surface area contributed by atoms with E-state index in [1.54, 1.807) is 6.07 Å². The number of nitrogens with two attached hydrogens (primary N) is 1. The van der Waals surface area contributed by atoms with Gasteiger partial charge in [-0.2, -0.15) is 0 Å². The number of ketones is 1. The molecule has 12 rings (SSSR count). The zero-order valence-electron chi connectivity index (χ0n) is 43.3. The molecule has 0 saturated carbocycles. The van der Waals surface area contributed by atoms with E-state index in [1.807, 2.05) is 110 Å². The third-order valence-corrected chi connectivity index (χ3v) is 16.3. The highest BCUT2D eigenvalue weighted by Gasteiger charge is 2.52. The number of carboxylic acids is 1. The van der Waals surface area contributed by atoms with E-state index >= 15 is 0 Å². The lowest BCUT2D eigenvalue weighted by atomic mass is 9.78. The SMILES string of the molecule is CC1(C)OB(c2ccc(CC(=O)c3cc4cc5c6c(c4oc3=O)CCCN6CCC5)cc2)OC1(C)C.CC1(C)OB(c2ccc(N)cc2)OC1(C)C.O=C(O)c1cc2cc3c4c(c2oc1=O)CCCN4CCC3. The highest BCUT2D eigenvalue weighted by molar-refractivity contribution is 6.62. The monoisotopic (exact) mass is 989 g/mol. The molecule has 14 nitrogen and oxygen atoms in total. The van der Waals surface area contributed by atoms with Gasteiger partial charge < -0.3 is 48.1 Å². The molecule has 0 aliphatic carbocycles. The highest BCUT2D eigenvalue weighted by Crippen LogP contribution is 2.42. The molecule has 2 aromatic heterocycles. The summed E-state index contributed by atoms with van der Waals surface area (Å²) in [7, 11) is -0.749. The fourth-order valence-electron chi connectivity index (χ4n) is 10.9. The molecule has 6 aromatic rings. The van der Waals surface area contributed by atoms with Crippen LogP contribution in [0.2, 0.25) is 0 Å². The molecule has 0 atom stereocenters. The van der Waals surface area contributed by atoms with E-state index in [2.05, 4.69) is 15.9 Å². The number of carbonyl (C=O) groups is 2. The molecular formula is C57H65B2N3O11. The van der Waals surface area contributed by atoms with Gasteiger partial charge in [0, 0.05) is 71.6 Å². The van der Waals surface area contributed by atoms with Crippen LogP contribution in [0.1, 0.15) is 130 Å². The van der Waals surface area contributed by atoms with Gasteiger partial charge in [0.05, 0.1) is 22.4 Å². The molecule has 6 aliphatic heterocycles. The second-order valence-electron chi connectivity index (χ2n) is 22.3. The first kappa shape index (κ1) is 50.3. The van der Waals surface area contributed by atoms with Crippen molar-refractivity contribution in [1.29, 1.82) is 0 Å². The van der Waals surface area contributed by atoms with Crippen molar-refractivity contribution in [2.45, 2.75) is 136 Å². The minimum Gasteiger partial charge on any atom is -0.477 e. The van der Waals surface area contributed by atoms with Crippen LogP contribution in [0, 0.1) is 0 Å². The van der Waals surface area contributed by atoms with E-state index in [1.165, 1.54) is 28.6 Å². The fraction of sp³-hybridized carbons (Fsp3) is 0.439. The first-order valence-electron chi connectivity index (χ1n) is 25.8. The molecular weight excluding hydrogens is 924 g/mol. The maximum Gasteiger partial charge on any atom is 0.494 e. The Bertz CT molecular complexity index is 3240. The van der Waals surface area contributed by atoms with Crippen LogP contribution in [-0.4, -0.2) is 79.7 Å². The number of anilines is 3. The number of aryl methyl sites for hydroxylation is 4. The molecule has 0 bridgehead atoms. The molecule has 0 amide bonds. The summed E-state index contributed by atoms with van der Waals surface area (Å²) in [6, 6.07) is 22.6. The molecule has 8 heterocycles. The molecule has 4 aromatic carbocycles. The lowest BCUT2D eigenvalue weighted by Gasteiger charge is -2.37. The van der Waals surface area contributed by atoms with Crippen molar-refractivity contribution in [3.63, 3.8) is 0 Å². The molecule has 380 valence electrons. The minimum atomic E-state index is -1.24. The van der Waals surface area contributed by atoms with Crippen molar-refractivity contribution < 1.29 is 42.1 Å². The fourth-order valence-corrected chi connectivity index (χ4v) is 10.9. The third kappa shape index (κ3) is 9.52. The molecule has 0 spiro atoms. The first-order valence-corrected chi connectivity index (χ1v) is 25.8. The smallest absolute Gasteiger partial charge is 0.477 e. The summed E-state index contributed by atoms with van der Waals surface area (Å²) >= 11 is 0. The maximum atomic E-state index is 13.2. The van der Waals surface area contributed by atoms with Crippen LogP contribution in [0.3, 0.4) is 0 Å². The van der Waals surface area contributed by atoms with Crippen LogP contribution in [0.25, 0.3) is 21.9 Å². The van der Waals surface area contributed by atoms with Crippen LogP contribution in [0.5, 0.6) is 0 Å². The summed E-state index contributed by atoms with van der Waals surface area (Å²) in [6.45, 7) is 20.5. The number of aromatic carboxylic acids is 1. The predicted molar refractivity (Wildman–Crippen MR) is 286 cm³/mol. The first-order chi connectivity index (χ1) is 34.6. The van der Waals surface area contributed by atoms with E-state index in [-0.39, 0.29) is 41.7 Å². The quantitative estimate of drug-likeness (QED) is 0.0709. The van der Waals surface area contributed by atoms with Crippen molar-refractivity contribution in [3.8, 4) is 0 Å². The Balaban J connectivity index is 0.000000139. The Morgan fingerprint density at radius 3 is 1.37 bits per heavy atom. The lowest BCUT2D eigenvalue weighted by molar-refractivity contribution is 0.00578. The van der Waals surface area contributed by atoms with Crippen molar-refractivity contribution in [2.75, 3.05) is 41.7 Å². The van der Waals surface area contributed by atoms with Gasteiger partial charge in [-0.1, -0.05) is 36.4 Å². The van der Waals surface area contributed by atoms with Crippen molar-refractivity contribution in [2.24, 2.45) is 0 Å². The molecule has 16 heteroatoms. The predicted octanol–water partition coefficient (Wildman–Crippen LogP) is 7.97. The van der Waals surface area contributed by atoms with Crippen LogP contribution >= 0.6 is 0 Å². The Morgan fingerprint density at radius 1 is 0.562 bits per heavy atom. The summed E-state index contributed by atoms with van der Waals surface area (Å²) < 4.78 is 35.3. The standard InChI is InChI=1S/C29H32BNO5.C16H15NO4.C12H18BNO2/c1-28(2)29(3,4)36-30(35-28)21-11-9-18(10-12-21)15-24(32)23-17-20-16-19-7-5-13-31-14-6-8-22(25(19)31)26(20)34-27(23)33;18-15(19)12-8-10-7-9-3-1-5-17-6-2-4-11(13(9)17)14(10)21-16(12)20;1-11(2)12(3,4)16-13(15-11)9-5-7-10(14)8-6-9/h9-12,16-17H,5-8,13-15H2,1-4H3;7-8H,1-6H2,(H,18,19);5-8H,14H2,1-4H3. The summed E-state index contributed by atoms with van der Waals surface area (Å²) in [5, 5.41) is 10.7. The molecule has 0 radical (unpaired) electrons. The summed E-state index contributed by atoms with van der Waals surface area (Å²) in [5.41, 5.74) is 14.7. The van der Waals surface area contributed by atoms with Gasteiger partial charge in [0.25, 0.3) is 0 Å². The minimum absolute atomic E-state index is 0.119. The summed E-state index contributed by atoms with van der Waals surface area (Å²) in [5.74, 6) is -1.47. The molecule has 2 fully saturated rings. The zero-order chi connectivity index (χ0) is 51.8. The molecule has 2 saturated heterocycles. The number of Topliss-reactive ketones (excluding diaryl/α,β-unsaturated/α-hetero) is 1. The second kappa shape index (κ2) is 18.9. The van der Waals surface area contributed by atoms with Gasteiger partial charge in [-0.15, -0.1) is 0 Å².